The van der Waals surface area contributed by atoms with Crippen LogP contribution in [0.5, 0.6) is 0 Å². The number of aromatic nitrogens is 6. The Morgan fingerprint density at radius 2 is 2.00 bits per heavy atom. The number of aromatic amines is 1. The zero-order valence-electron chi connectivity index (χ0n) is 14.1. The molecule has 0 bridgehead atoms. The summed E-state index contributed by atoms with van der Waals surface area (Å²) in [4.78, 5) is 17.0. The van der Waals surface area contributed by atoms with E-state index >= 15 is 0 Å². The molecule has 0 unspecified atom stereocenters. The maximum absolute atomic E-state index is 4.68. The second-order valence-corrected chi connectivity index (χ2v) is 6.13. The van der Waals surface area contributed by atoms with Crippen molar-refractivity contribution in [3.05, 3.63) is 41.6 Å². The Kier molecular flexibility index (Phi) is 3.23. The van der Waals surface area contributed by atoms with Crippen LogP contribution < -0.4 is 5.32 Å². The monoisotopic (exact) mass is 321 g/mol. The van der Waals surface area contributed by atoms with Crippen LogP contribution >= 0.6 is 0 Å². The predicted octanol–water partition coefficient (Wildman–Crippen LogP) is 3.03. The summed E-state index contributed by atoms with van der Waals surface area (Å²) in [5.41, 5.74) is 4.04. The first kappa shape index (κ1) is 14.6. The van der Waals surface area contributed by atoms with Gasteiger partial charge in [-0.15, -0.1) is 0 Å². The Hall–Kier alpha value is -2.96. The number of aryl methyl sites for hydroxylation is 3. The number of fused-ring (bicyclic) bond motifs is 2. The molecule has 7 heteroatoms. The molecular weight excluding hydrogens is 302 g/mol. The highest BCUT2D eigenvalue weighted by Crippen LogP contribution is 2.24. The van der Waals surface area contributed by atoms with Gasteiger partial charge in [0.15, 0.2) is 5.65 Å². The predicted molar refractivity (Wildman–Crippen MR) is 93.9 cm³/mol. The molecule has 0 spiro atoms. The number of benzene rings is 1. The molecule has 4 aromatic rings. The van der Waals surface area contributed by atoms with E-state index in [4.69, 9.17) is 0 Å². The Morgan fingerprint density at radius 1 is 1.17 bits per heavy atom. The minimum absolute atomic E-state index is 0.0181. The molecule has 122 valence electrons. The molecule has 24 heavy (non-hydrogen) atoms. The van der Waals surface area contributed by atoms with Crippen molar-refractivity contribution in [3.8, 4) is 0 Å². The van der Waals surface area contributed by atoms with Crippen molar-refractivity contribution in [1.82, 2.24) is 29.7 Å². The highest BCUT2D eigenvalue weighted by molar-refractivity contribution is 5.86. The van der Waals surface area contributed by atoms with Gasteiger partial charge in [0, 0.05) is 7.05 Å². The number of anilines is 1. The van der Waals surface area contributed by atoms with Crippen molar-refractivity contribution >= 4 is 27.9 Å². The van der Waals surface area contributed by atoms with Crippen LogP contribution in [0.1, 0.15) is 30.2 Å². The Morgan fingerprint density at radius 3 is 2.83 bits per heavy atom. The van der Waals surface area contributed by atoms with Crippen molar-refractivity contribution in [2.45, 2.75) is 26.8 Å². The van der Waals surface area contributed by atoms with Crippen LogP contribution in [-0.4, -0.2) is 29.7 Å². The van der Waals surface area contributed by atoms with Crippen LogP contribution in [0.3, 0.4) is 0 Å². The zero-order chi connectivity index (χ0) is 16.8. The van der Waals surface area contributed by atoms with Crippen molar-refractivity contribution in [1.29, 1.82) is 0 Å². The first-order valence-electron chi connectivity index (χ1n) is 7.90. The fourth-order valence-corrected chi connectivity index (χ4v) is 2.86. The number of hydrogen-bond donors (Lipinski definition) is 2. The van der Waals surface area contributed by atoms with Gasteiger partial charge in [0.05, 0.1) is 28.7 Å². The van der Waals surface area contributed by atoms with E-state index in [2.05, 4.69) is 56.3 Å². The number of nitrogens with zero attached hydrogens (tertiary/aromatic N) is 5. The van der Waals surface area contributed by atoms with Gasteiger partial charge in [0.25, 0.3) is 0 Å². The van der Waals surface area contributed by atoms with Gasteiger partial charge in [0.2, 0.25) is 0 Å². The molecule has 0 fully saturated rings. The molecule has 0 saturated carbocycles. The van der Waals surface area contributed by atoms with Gasteiger partial charge >= 0.3 is 0 Å². The molecule has 0 aliphatic carbocycles. The van der Waals surface area contributed by atoms with Crippen LogP contribution in [0.4, 0.5) is 5.82 Å². The summed E-state index contributed by atoms with van der Waals surface area (Å²) in [6, 6.07) is 6.19. The van der Waals surface area contributed by atoms with E-state index in [-0.39, 0.29) is 6.04 Å². The van der Waals surface area contributed by atoms with Crippen molar-refractivity contribution in [2.75, 3.05) is 5.32 Å². The Balaban J connectivity index is 1.71. The molecule has 3 aromatic heterocycles. The lowest BCUT2D eigenvalue weighted by atomic mass is 10.2. The van der Waals surface area contributed by atoms with Crippen LogP contribution in [0.15, 0.2) is 24.4 Å². The van der Waals surface area contributed by atoms with Gasteiger partial charge in [-0.05, 0) is 38.5 Å². The third-order valence-corrected chi connectivity index (χ3v) is 4.12. The third kappa shape index (κ3) is 2.38. The van der Waals surface area contributed by atoms with Gasteiger partial charge in [0.1, 0.15) is 17.5 Å². The van der Waals surface area contributed by atoms with E-state index < -0.39 is 0 Å². The molecular formula is C17H19N7. The van der Waals surface area contributed by atoms with E-state index in [1.807, 2.05) is 20.0 Å². The van der Waals surface area contributed by atoms with Gasteiger partial charge in [-0.2, -0.15) is 5.10 Å². The molecule has 4 rings (SSSR count). The van der Waals surface area contributed by atoms with Gasteiger partial charge in [-0.1, -0.05) is 6.07 Å². The largest absolute Gasteiger partial charge is 0.360 e. The minimum atomic E-state index is -0.0181. The fraction of sp³-hybridized carbons (Fsp3) is 0.294. The third-order valence-electron chi connectivity index (χ3n) is 4.12. The van der Waals surface area contributed by atoms with Crippen molar-refractivity contribution in [2.24, 2.45) is 7.05 Å². The maximum Gasteiger partial charge on any atom is 0.163 e. The van der Waals surface area contributed by atoms with Crippen LogP contribution in [-0.2, 0) is 7.05 Å². The normalized spacial score (nSPS) is 12.8. The number of rotatable bonds is 3. The topological polar surface area (TPSA) is 84.3 Å². The van der Waals surface area contributed by atoms with Crippen LogP contribution in [0.2, 0.25) is 0 Å². The zero-order valence-corrected chi connectivity index (χ0v) is 14.1. The van der Waals surface area contributed by atoms with Gasteiger partial charge in [-0.25, -0.2) is 15.0 Å². The molecule has 0 aliphatic heterocycles. The molecule has 2 N–H and O–H groups in total. The van der Waals surface area contributed by atoms with Crippen molar-refractivity contribution < 1.29 is 0 Å². The summed E-state index contributed by atoms with van der Waals surface area (Å²) in [6.45, 7) is 6.01. The van der Waals surface area contributed by atoms with Crippen LogP contribution in [0.25, 0.3) is 22.1 Å². The average Bonchev–Trinajstić information content (AvgIpc) is 3.11. The quantitative estimate of drug-likeness (QED) is 0.606. The smallest absolute Gasteiger partial charge is 0.163 e. The molecule has 0 radical (unpaired) electrons. The van der Waals surface area contributed by atoms with E-state index in [9.17, 15) is 0 Å². The summed E-state index contributed by atoms with van der Waals surface area (Å²) in [7, 11) is 1.88. The molecule has 7 nitrogen and oxygen atoms in total. The summed E-state index contributed by atoms with van der Waals surface area (Å²) >= 11 is 0. The number of nitrogens with one attached hydrogen (secondary N) is 2. The van der Waals surface area contributed by atoms with Crippen molar-refractivity contribution in [3.63, 3.8) is 0 Å². The number of H-pyrrole nitrogens is 1. The standard InChI is InChI=1S/C17H19N7/c1-9-5-6-13-14(7-9)23-15(22-13)10(2)19-16-12-8-18-24(4)17(12)21-11(3)20-16/h5-8,10H,1-4H3,(H,22,23)(H,19,20,21)/t10-/m1/s1. The lowest BCUT2D eigenvalue weighted by Gasteiger charge is -2.13. The maximum atomic E-state index is 4.68. The summed E-state index contributed by atoms with van der Waals surface area (Å²) in [5, 5.41) is 8.61. The molecule has 0 amide bonds. The summed E-state index contributed by atoms with van der Waals surface area (Å²) in [6.07, 6.45) is 1.78. The van der Waals surface area contributed by atoms with E-state index in [1.54, 1.807) is 10.9 Å². The number of imidazole rings is 1. The Bertz CT molecular complexity index is 1040. The van der Waals surface area contributed by atoms with Gasteiger partial charge < -0.3 is 10.3 Å². The van der Waals surface area contributed by atoms with E-state index in [0.717, 1.165) is 33.7 Å². The lowest BCUT2D eigenvalue weighted by molar-refractivity contribution is 0.781. The van der Waals surface area contributed by atoms with E-state index in [1.165, 1.54) is 5.56 Å². The first-order chi connectivity index (χ1) is 11.5. The molecule has 0 saturated heterocycles. The highest BCUT2D eigenvalue weighted by atomic mass is 15.3. The fourth-order valence-electron chi connectivity index (χ4n) is 2.86. The Labute approximate surface area is 139 Å². The first-order valence-corrected chi connectivity index (χ1v) is 7.90. The minimum Gasteiger partial charge on any atom is -0.360 e. The molecule has 0 aliphatic rings. The highest BCUT2D eigenvalue weighted by Gasteiger charge is 2.15. The molecule has 1 atom stereocenters. The number of hydrogen-bond acceptors (Lipinski definition) is 5. The lowest BCUT2D eigenvalue weighted by Crippen LogP contribution is -2.11. The van der Waals surface area contributed by atoms with Gasteiger partial charge in [-0.3, -0.25) is 4.68 Å². The summed E-state index contributed by atoms with van der Waals surface area (Å²) in [5.74, 6) is 2.36. The van der Waals surface area contributed by atoms with E-state index in [0.29, 0.717) is 5.82 Å². The van der Waals surface area contributed by atoms with Crippen LogP contribution in [0, 0.1) is 13.8 Å². The SMILES string of the molecule is Cc1ccc2nc([C@@H](C)Nc3nc(C)nc4c3cnn4C)[nH]c2c1. The summed E-state index contributed by atoms with van der Waals surface area (Å²) < 4.78 is 1.75. The average molecular weight is 321 g/mol. The second kappa shape index (κ2) is 5.30. The molecule has 3 heterocycles. The molecule has 1 aromatic carbocycles. The second-order valence-electron chi connectivity index (χ2n) is 6.13.